The van der Waals surface area contributed by atoms with Gasteiger partial charge in [0.25, 0.3) is 0 Å². The summed E-state index contributed by atoms with van der Waals surface area (Å²) < 4.78 is 5.46. The van der Waals surface area contributed by atoms with E-state index < -0.39 is 0 Å². The number of carbonyl (C=O) groups excluding carboxylic acids is 1. The Balaban J connectivity index is 1.40. The highest BCUT2D eigenvalue weighted by atomic mass is 16.6. The van der Waals surface area contributed by atoms with Crippen LogP contribution in [0.3, 0.4) is 0 Å². The molecule has 1 aliphatic rings. The SMILES string of the molecule is Cc1cc(N2CCN(C(=O)OCc3ccccc3)CC2)c2ccccc2n1. The summed E-state index contributed by atoms with van der Waals surface area (Å²) in [6.07, 6.45) is -0.241. The lowest BCUT2D eigenvalue weighted by Crippen LogP contribution is -2.49. The zero-order valence-corrected chi connectivity index (χ0v) is 15.5. The second-order valence-corrected chi connectivity index (χ2v) is 6.81. The van der Waals surface area contributed by atoms with E-state index in [0.717, 1.165) is 35.2 Å². The normalized spacial score (nSPS) is 14.4. The molecule has 0 unspecified atom stereocenters. The molecule has 138 valence electrons. The Bertz CT molecular complexity index is 935. The van der Waals surface area contributed by atoms with Crippen LogP contribution in [-0.2, 0) is 11.3 Å². The molecule has 2 aromatic carbocycles. The van der Waals surface area contributed by atoms with Crippen molar-refractivity contribution in [2.75, 3.05) is 31.1 Å². The van der Waals surface area contributed by atoms with Crippen LogP contribution in [0.4, 0.5) is 10.5 Å². The Labute approximate surface area is 159 Å². The average molecular weight is 361 g/mol. The monoisotopic (exact) mass is 361 g/mol. The summed E-state index contributed by atoms with van der Waals surface area (Å²) in [5.41, 5.74) is 4.21. The molecule has 0 radical (unpaired) electrons. The van der Waals surface area contributed by atoms with E-state index in [2.05, 4.69) is 22.0 Å². The van der Waals surface area contributed by atoms with Gasteiger partial charge in [0.1, 0.15) is 6.61 Å². The molecule has 5 heteroatoms. The first-order chi connectivity index (χ1) is 13.2. The molecule has 27 heavy (non-hydrogen) atoms. The second kappa shape index (κ2) is 7.66. The lowest BCUT2D eigenvalue weighted by Gasteiger charge is -2.36. The standard InChI is InChI=1S/C22H23N3O2/c1-17-15-21(19-9-5-6-10-20(19)23-17)24-11-13-25(14-12-24)22(26)27-16-18-7-3-2-4-8-18/h2-10,15H,11-14,16H2,1H3. The van der Waals surface area contributed by atoms with Gasteiger partial charge in [-0.3, -0.25) is 4.98 Å². The number of piperazine rings is 1. The fourth-order valence-corrected chi connectivity index (χ4v) is 3.49. The maximum Gasteiger partial charge on any atom is 0.410 e. The zero-order valence-electron chi connectivity index (χ0n) is 15.5. The van der Waals surface area contributed by atoms with Crippen molar-refractivity contribution in [2.45, 2.75) is 13.5 Å². The number of amides is 1. The van der Waals surface area contributed by atoms with Crippen LogP contribution in [0.5, 0.6) is 0 Å². The molecule has 0 saturated carbocycles. The lowest BCUT2D eigenvalue weighted by molar-refractivity contribution is 0.0942. The number of anilines is 1. The molecule has 0 bridgehead atoms. The number of ether oxygens (including phenoxy) is 1. The van der Waals surface area contributed by atoms with Crippen LogP contribution in [0.25, 0.3) is 10.9 Å². The van der Waals surface area contributed by atoms with E-state index in [1.165, 1.54) is 5.69 Å². The van der Waals surface area contributed by atoms with E-state index in [1.54, 1.807) is 4.90 Å². The fraction of sp³-hybridized carbons (Fsp3) is 0.273. The molecule has 0 aliphatic carbocycles. The van der Waals surface area contributed by atoms with Gasteiger partial charge in [-0.15, -0.1) is 0 Å². The number of benzene rings is 2. The number of aromatic nitrogens is 1. The minimum Gasteiger partial charge on any atom is -0.445 e. The number of carbonyl (C=O) groups is 1. The molecule has 3 aromatic rings. The number of pyridine rings is 1. The van der Waals surface area contributed by atoms with Crippen molar-refractivity contribution < 1.29 is 9.53 Å². The van der Waals surface area contributed by atoms with Gasteiger partial charge in [0.05, 0.1) is 5.52 Å². The van der Waals surface area contributed by atoms with Gasteiger partial charge in [-0.05, 0) is 24.6 Å². The molecule has 0 spiro atoms. The number of hydrogen-bond donors (Lipinski definition) is 0. The van der Waals surface area contributed by atoms with Crippen LogP contribution in [0, 0.1) is 6.92 Å². The van der Waals surface area contributed by atoms with E-state index in [-0.39, 0.29) is 6.09 Å². The van der Waals surface area contributed by atoms with Crippen LogP contribution in [0.1, 0.15) is 11.3 Å². The summed E-state index contributed by atoms with van der Waals surface area (Å²) in [5, 5.41) is 1.16. The minimum absolute atomic E-state index is 0.241. The van der Waals surface area contributed by atoms with Gasteiger partial charge >= 0.3 is 6.09 Å². The third kappa shape index (κ3) is 3.87. The first kappa shape index (κ1) is 17.3. The summed E-state index contributed by atoms with van der Waals surface area (Å²) in [7, 11) is 0. The number of rotatable bonds is 3. The topological polar surface area (TPSA) is 45.7 Å². The molecule has 1 aliphatic heterocycles. The van der Waals surface area contributed by atoms with Crippen LogP contribution in [-0.4, -0.2) is 42.2 Å². The van der Waals surface area contributed by atoms with Crippen LogP contribution in [0.15, 0.2) is 60.7 Å². The maximum atomic E-state index is 12.4. The van der Waals surface area contributed by atoms with E-state index in [9.17, 15) is 4.79 Å². The van der Waals surface area contributed by atoms with Gasteiger partial charge in [-0.2, -0.15) is 0 Å². The number of aryl methyl sites for hydroxylation is 1. The average Bonchev–Trinajstić information content (AvgIpc) is 2.72. The summed E-state index contributed by atoms with van der Waals surface area (Å²) in [5.74, 6) is 0. The third-order valence-electron chi connectivity index (χ3n) is 4.91. The fourth-order valence-electron chi connectivity index (χ4n) is 3.49. The molecule has 0 N–H and O–H groups in total. The van der Waals surface area contributed by atoms with Gasteiger partial charge < -0.3 is 14.5 Å². The molecule has 5 nitrogen and oxygen atoms in total. The molecular formula is C22H23N3O2. The Morgan fingerprint density at radius 3 is 2.48 bits per heavy atom. The molecule has 0 atom stereocenters. The summed E-state index contributed by atoms with van der Waals surface area (Å²) in [6.45, 7) is 5.22. The predicted molar refractivity (Wildman–Crippen MR) is 107 cm³/mol. The molecule has 2 heterocycles. The van der Waals surface area contributed by atoms with E-state index in [4.69, 9.17) is 4.74 Å². The second-order valence-electron chi connectivity index (χ2n) is 6.81. The van der Waals surface area contributed by atoms with E-state index in [1.807, 2.05) is 55.5 Å². The highest BCUT2D eigenvalue weighted by Crippen LogP contribution is 2.27. The first-order valence-corrected chi connectivity index (χ1v) is 9.28. The Hall–Kier alpha value is -3.08. The van der Waals surface area contributed by atoms with Gasteiger partial charge in [0, 0.05) is 42.9 Å². The van der Waals surface area contributed by atoms with Gasteiger partial charge in [0.15, 0.2) is 0 Å². The highest BCUT2D eigenvalue weighted by Gasteiger charge is 2.23. The van der Waals surface area contributed by atoms with Crippen molar-refractivity contribution in [1.82, 2.24) is 9.88 Å². The van der Waals surface area contributed by atoms with Crippen molar-refractivity contribution in [1.29, 1.82) is 0 Å². The van der Waals surface area contributed by atoms with Gasteiger partial charge in [-0.1, -0.05) is 48.5 Å². The van der Waals surface area contributed by atoms with Crippen molar-refractivity contribution in [3.05, 3.63) is 71.9 Å². The zero-order chi connectivity index (χ0) is 18.6. The number of fused-ring (bicyclic) bond motifs is 1. The van der Waals surface area contributed by atoms with Crippen molar-refractivity contribution in [3.8, 4) is 0 Å². The lowest BCUT2D eigenvalue weighted by atomic mass is 10.1. The van der Waals surface area contributed by atoms with Crippen LogP contribution < -0.4 is 4.90 Å². The maximum absolute atomic E-state index is 12.4. The highest BCUT2D eigenvalue weighted by molar-refractivity contribution is 5.92. The van der Waals surface area contributed by atoms with Crippen molar-refractivity contribution in [2.24, 2.45) is 0 Å². The predicted octanol–water partition coefficient (Wildman–Crippen LogP) is 4.00. The smallest absolute Gasteiger partial charge is 0.410 e. The van der Waals surface area contributed by atoms with Crippen molar-refractivity contribution >= 4 is 22.7 Å². The van der Waals surface area contributed by atoms with Crippen LogP contribution in [0.2, 0.25) is 0 Å². The molecule has 1 saturated heterocycles. The first-order valence-electron chi connectivity index (χ1n) is 9.28. The quantitative estimate of drug-likeness (QED) is 0.707. The van der Waals surface area contributed by atoms with Gasteiger partial charge in [-0.25, -0.2) is 4.79 Å². The van der Waals surface area contributed by atoms with E-state index in [0.29, 0.717) is 19.7 Å². The summed E-state index contributed by atoms with van der Waals surface area (Å²) >= 11 is 0. The van der Waals surface area contributed by atoms with Crippen LogP contribution >= 0.6 is 0 Å². The Morgan fingerprint density at radius 2 is 1.70 bits per heavy atom. The molecule has 4 rings (SSSR count). The number of hydrogen-bond acceptors (Lipinski definition) is 4. The van der Waals surface area contributed by atoms with E-state index >= 15 is 0 Å². The summed E-state index contributed by atoms with van der Waals surface area (Å²) in [4.78, 5) is 21.1. The molecular weight excluding hydrogens is 338 g/mol. The third-order valence-corrected chi connectivity index (χ3v) is 4.91. The minimum atomic E-state index is -0.241. The summed E-state index contributed by atoms with van der Waals surface area (Å²) in [6, 6.07) is 20.1. The van der Waals surface area contributed by atoms with Crippen molar-refractivity contribution in [3.63, 3.8) is 0 Å². The Morgan fingerprint density at radius 1 is 1.00 bits per heavy atom. The number of para-hydroxylation sites is 1. The molecule has 1 fully saturated rings. The number of nitrogens with zero attached hydrogens (tertiary/aromatic N) is 3. The molecule has 1 aromatic heterocycles. The van der Waals surface area contributed by atoms with Gasteiger partial charge in [0.2, 0.25) is 0 Å². The Kier molecular flexibility index (Phi) is 4.92. The largest absolute Gasteiger partial charge is 0.445 e. The molecule has 1 amide bonds.